The minimum Gasteiger partial charge on any atom is -0.326 e. The molecule has 3 rings (SSSR count). The molecule has 3 heteroatoms. The minimum absolute atomic E-state index is 0.0595. The van der Waals surface area contributed by atoms with Gasteiger partial charge in [-0.15, -0.1) is 0 Å². The van der Waals surface area contributed by atoms with E-state index in [4.69, 9.17) is 5.73 Å². The zero-order valence-corrected chi connectivity index (χ0v) is 13.2. The zero-order chi connectivity index (χ0) is 16.2. The van der Waals surface area contributed by atoms with E-state index in [0.717, 1.165) is 23.4 Å². The number of nitrogens with two attached hydrogens (primary N) is 1. The van der Waals surface area contributed by atoms with Crippen LogP contribution < -0.4 is 11.3 Å². The summed E-state index contributed by atoms with van der Waals surface area (Å²) in [5.41, 5.74) is 10.3. The van der Waals surface area contributed by atoms with Crippen LogP contribution in [0.25, 0.3) is 16.9 Å². The normalized spacial score (nSPS) is 10.7. The van der Waals surface area contributed by atoms with Gasteiger partial charge in [0.1, 0.15) is 0 Å². The molecule has 23 heavy (non-hydrogen) atoms. The average molecular weight is 304 g/mol. The highest BCUT2D eigenvalue weighted by molar-refractivity contribution is 5.63. The molecular formula is C20H20N2O. The molecule has 0 amide bonds. The van der Waals surface area contributed by atoms with Gasteiger partial charge in [0.05, 0.1) is 5.69 Å². The number of rotatable bonds is 4. The Kier molecular flexibility index (Phi) is 4.40. The van der Waals surface area contributed by atoms with E-state index in [1.807, 2.05) is 42.5 Å². The van der Waals surface area contributed by atoms with Gasteiger partial charge >= 0.3 is 0 Å². The highest BCUT2D eigenvalue weighted by Gasteiger charge is 2.11. The molecule has 1 aromatic heterocycles. The number of para-hydroxylation sites is 1. The molecule has 0 radical (unpaired) electrons. The first-order valence-electron chi connectivity index (χ1n) is 7.84. The van der Waals surface area contributed by atoms with Crippen molar-refractivity contribution >= 4 is 0 Å². The largest absolute Gasteiger partial charge is 0.326 e. The number of nitrogens with zero attached hydrogens (tertiary/aromatic N) is 1. The fourth-order valence-corrected chi connectivity index (χ4v) is 2.70. The first-order valence-corrected chi connectivity index (χ1v) is 7.84. The highest BCUT2D eigenvalue weighted by atomic mass is 16.1. The Bertz CT molecular complexity index is 849. The Morgan fingerprint density at radius 2 is 1.61 bits per heavy atom. The van der Waals surface area contributed by atoms with Gasteiger partial charge in [-0.05, 0) is 35.7 Å². The summed E-state index contributed by atoms with van der Waals surface area (Å²) in [6.45, 7) is 2.37. The highest BCUT2D eigenvalue weighted by Crippen LogP contribution is 2.22. The molecule has 0 bridgehead atoms. The van der Waals surface area contributed by atoms with E-state index in [1.54, 1.807) is 4.57 Å². The van der Waals surface area contributed by atoms with Crippen LogP contribution in [0.15, 0.2) is 71.5 Å². The smallest absolute Gasteiger partial charge is 0.260 e. The third-order valence-corrected chi connectivity index (χ3v) is 4.05. The van der Waals surface area contributed by atoms with Crippen LogP contribution in [0.4, 0.5) is 0 Å². The van der Waals surface area contributed by atoms with Crippen molar-refractivity contribution in [1.82, 2.24) is 4.57 Å². The number of aromatic nitrogens is 1. The van der Waals surface area contributed by atoms with Crippen LogP contribution in [0.2, 0.25) is 0 Å². The van der Waals surface area contributed by atoms with Crippen molar-refractivity contribution in [3.8, 4) is 16.9 Å². The maximum atomic E-state index is 12.8. The summed E-state index contributed by atoms with van der Waals surface area (Å²) < 4.78 is 1.74. The van der Waals surface area contributed by atoms with E-state index in [9.17, 15) is 4.79 Å². The summed E-state index contributed by atoms with van der Waals surface area (Å²) in [5.74, 6) is 0. The zero-order valence-electron chi connectivity index (χ0n) is 13.2. The van der Waals surface area contributed by atoms with Crippen LogP contribution in [-0.4, -0.2) is 4.57 Å². The van der Waals surface area contributed by atoms with Crippen molar-refractivity contribution in [3.05, 3.63) is 88.2 Å². The lowest BCUT2D eigenvalue weighted by Gasteiger charge is -2.15. The summed E-state index contributed by atoms with van der Waals surface area (Å²) in [6.07, 6.45) is 0.998. The predicted molar refractivity (Wildman–Crippen MR) is 94.7 cm³/mol. The van der Waals surface area contributed by atoms with Crippen molar-refractivity contribution in [1.29, 1.82) is 0 Å². The lowest BCUT2D eigenvalue weighted by molar-refractivity contribution is 0.932. The number of benzene rings is 2. The fourth-order valence-electron chi connectivity index (χ4n) is 2.70. The van der Waals surface area contributed by atoms with Gasteiger partial charge in [0, 0.05) is 17.8 Å². The number of aryl methyl sites for hydroxylation is 1. The number of hydrogen-bond donors (Lipinski definition) is 1. The van der Waals surface area contributed by atoms with Crippen molar-refractivity contribution in [2.24, 2.45) is 5.73 Å². The molecule has 0 aliphatic heterocycles. The van der Waals surface area contributed by atoms with E-state index in [1.165, 1.54) is 5.56 Å². The molecule has 1 heterocycles. The quantitative estimate of drug-likeness (QED) is 0.801. The van der Waals surface area contributed by atoms with Gasteiger partial charge in [-0.2, -0.15) is 0 Å². The molecule has 3 aromatic rings. The molecule has 0 fully saturated rings. The Morgan fingerprint density at radius 3 is 2.22 bits per heavy atom. The summed E-state index contributed by atoms with van der Waals surface area (Å²) in [6, 6.07) is 21.8. The lowest BCUT2D eigenvalue weighted by atomic mass is 10.1. The molecule has 3 nitrogen and oxygen atoms in total. The van der Waals surface area contributed by atoms with Crippen molar-refractivity contribution < 1.29 is 0 Å². The van der Waals surface area contributed by atoms with Gasteiger partial charge in [-0.3, -0.25) is 9.36 Å². The Hall–Kier alpha value is -2.65. The van der Waals surface area contributed by atoms with E-state index in [0.29, 0.717) is 5.56 Å². The number of hydrogen-bond acceptors (Lipinski definition) is 2. The van der Waals surface area contributed by atoms with Gasteiger partial charge in [0.15, 0.2) is 0 Å². The van der Waals surface area contributed by atoms with Crippen LogP contribution >= 0.6 is 0 Å². The molecule has 0 spiro atoms. The minimum atomic E-state index is -0.0595. The topological polar surface area (TPSA) is 48.0 Å². The second kappa shape index (κ2) is 6.63. The lowest BCUT2D eigenvalue weighted by Crippen LogP contribution is -2.25. The van der Waals surface area contributed by atoms with E-state index < -0.39 is 0 Å². The van der Waals surface area contributed by atoms with Crippen molar-refractivity contribution in [2.75, 3.05) is 0 Å². The first kappa shape index (κ1) is 15.3. The SMILES string of the molecule is CCc1ccc(-c2ccc(CN)c(=O)n2-c2ccccc2)cc1. The van der Waals surface area contributed by atoms with Crippen molar-refractivity contribution in [2.45, 2.75) is 19.9 Å². The summed E-state index contributed by atoms with van der Waals surface area (Å²) >= 11 is 0. The molecule has 116 valence electrons. The molecule has 0 unspecified atom stereocenters. The van der Waals surface area contributed by atoms with E-state index in [-0.39, 0.29) is 12.1 Å². The van der Waals surface area contributed by atoms with Gasteiger partial charge in [-0.1, -0.05) is 55.5 Å². The van der Waals surface area contributed by atoms with Crippen LogP contribution in [0.3, 0.4) is 0 Å². The Morgan fingerprint density at radius 1 is 0.913 bits per heavy atom. The van der Waals surface area contributed by atoms with Gasteiger partial charge in [0.25, 0.3) is 5.56 Å². The monoisotopic (exact) mass is 304 g/mol. The van der Waals surface area contributed by atoms with Crippen LogP contribution in [0.5, 0.6) is 0 Å². The van der Waals surface area contributed by atoms with Crippen LogP contribution in [0.1, 0.15) is 18.1 Å². The van der Waals surface area contributed by atoms with Crippen molar-refractivity contribution in [3.63, 3.8) is 0 Å². The van der Waals surface area contributed by atoms with Gasteiger partial charge < -0.3 is 5.73 Å². The van der Waals surface area contributed by atoms with Gasteiger partial charge in [0.2, 0.25) is 0 Å². The molecule has 0 saturated heterocycles. The molecular weight excluding hydrogens is 284 g/mol. The second-order valence-corrected chi connectivity index (χ2v) is 5.47. The standard InChI is InChI=1S/C20H20N2O/c1-2-15-8-10-16(11-9-15)19-13-12-17(14-21)20(23)22(19)18-6-4-3-5-7-18/h3-13H,2,14,21H2,1H3. The third kappa shape index (κ3) is 2.96. The van der Waals surface area contributed by atoms with E-state index in [2.05, 4.69) is 31.2 Å². The third-order valence-electron chi connectivity index (χ3n) is 4.05. The second-order valence-electron chi connectivity index (χ2n) is 5.47. The summed E-state index contributed by atoms with van der Waals surface area (Å²) in [4.78, 5) is 12.8. The number of pyridine rings is 1. The average Bonchev–Trinajstić information content (AvgIpc) is 2.62. The maximum absolute atomic E-state index is 12.8. The molecule has 0 aliphatic carbocycles. The summed E-state index contributed by atoms with van der Waals surface area (Å²) in [7, 11) is 0. The van der Waals surface area contributed by atoms with Crippen LogP contribution in [0, 0.1) is 0 Å². The van der Waals surface area contributed by atoms with Crippen LogP contribution in [-0.2, 0) is 13.0 Å². The maximum Gasteiger partial charge on any atom is 0.260 e. The fraction of sp³-hybridized carbons (Fsp3) is 0.150. The van der Waals surface area contributed by atoms with E-state index >= 15 is 0 Å². The Labute approximate surface area is 136 Å². The molecule has 0 atom stereocenters. The molecule has 0 saturated carbocycles. The predicted octanol–water partition coefficient (Wildman–Crippen LogP) is 3.53. The van der Waals surface area contributed by atoms with Gasteiger partial charge in [-0.25, -0.2) is 0 Å². The summed E-state index contributed by atoms with van der Waals surface area (Å²) in [5, 5.41) is 0. The molecule has 2 N–H and O–H groups in total. The Balaban J connectivity index is 2.24. The first-order chi connectivity index (χ1) is 11.2. The molecule has 2 aromatic carbocycles. The molecule has 0 aliphatic rings.